The van der Waals surface area contributed by atoms with Crippen LogP contribution in [-0.4, -0.2) is 21.7 Å². The van der Waals surface area contributed by atoms with Crippen molar-refractivity contribution in [1.82, 2.24) is 9.88 Å². The van der Waals surface area contributed by atoms with Gasteiger partial charge in [-0.3, -0.25) is 14.5 Å². The van der Waals surface area contributed by atoms with Crippen LogP contribution >= 0.6 is 0 Å². The van der Waals surface area contributed by atoms with Crippen LogP contribution in [0, 0.1) is 11.8 Å². The van der Waals surface area contributed by atoms with Gasteiger partial charge in [0.25, 0.3) is 0 Å². The first-order valence-corrected chi connectivity index (χ1v) is 7.14. The Hall–Kier alpha value is -2.37. The number of fused-ring (bicyclic) bond motifs is 2. The summed E-state index contributed by atoms with van der Waals surface area (Å²) in [7, 11) is 0. The van der Waals surface area contributed by atoms with Gasteiger partial charge < -0.3 is 10.2 Å². The van der Waals surface area contributed by atoms with E-state index in [4.69, 9.17) is 10.2 Å². The van der Waals surface area contributed by atoms with Gasteiger partial charge in [0.1, 0.15) is 12.1 Å². The number of nitrogens with zero attached hydrogens (tertiary/aromatic N) is 2. The Morgan fingerprint density at radius 3 is 2.62 bits per heavy atom. The van der Waals surface area contributed by atoms with Crippen LogP contribution in [0.1, 0.15) is 25.2 Å². The number of hydrogen-bond donors (Lipinski definition) is 1. The van der Waals surface area contributed by atoms with E-state index in [1.807, 2.05) is 0 Å². The summed E-state index contributed by atoms with van der Waals surface area (Å²) in [4.78, 5) is 30.2. The van der Waals surface area contributed by atoms with Crippen LogP contribution in [0.5, 0.6) is 0 Å². The molecule has 4 rings (SSSR count). The summed E-state index contributed by atoms with van der Waals surface area (Å²) in [5.41, 5.74) is 7.51. The van der Waals surface area contributed by atoms with E-state index in [0.717, 1.165) is 19.3 Å². The van der Waals surface area contributed by atoms with Crippen molar-refractivity contribution in [3.63, 3.8) is 0 Å². The van der Waals surface area contributed by atoms with E-state index in [1.54, 1.807) is 18.2 Å². The van der Waals surface area contributed by atoms with Gasteiger partial charge in [-0.05, 0) is 25.0 Å². The highest BCUT2D eigenvalue weighted by atomic mass is 16.3. The fourth-order valence-electron chi connectivity index (χ4n) is 3.43. The van der Waals surface area contributed by atoms with E-state index >= 15 is 0 Å². The van der Waals surface area contributed by atoms with Gasteiger partial charge in [0.05, 0.1) is 17.5 Å². The smallest absolute Gasteiger partial charge is 0.233 e. The second kappa shape index (κ2) is 4.31. The molecule has 2 aromatic rings. The molecule has 0 spiro atoms. The maximum absolute atomic E-state index is 12.3. The molecule has 1 aromatic carbocycles. The fraction of sp³-hybridized carbons (Fsp3) is 0.400. The zero-order valence-corrected chi connectivity index (χ0v) is 11.4. The first-order valence-electron chi connectivity index (χ1n) is 7.14. The molecule has 21 heavy (non-hydrogen) atoms. The molecule has 1 aliphatic carbocycles. The van der Waals surface area contributed by atoms with E-state index in [9.17, 15) is 9.59 Å². The third-order valence-electron chi connectivity index (χ3n) is 4.47. The topological polar surface area (TPSA) is 89.4 Å². The molecule has 2 fully saturated rings. The Labute approximate surface area is 120 Å². The van der Waals surface area contributed by atoms with E-state index in [2.05, 4.69) is 4.98 Å². The number of rotatable bonds is 2. The number of amides is 2. The largest absolute Gasteiger partial charge is 0.439 e. The molecular weight excluding hydrogens is 270 g/mol. The summed E-state index contributed by atoms with van der Waals surface area (Å²) in [6.07, 6.45) is 2.58. The van der Waals surface area contributed by atoms with Crippen LogP contribution < -0.4 is 5.73 Å². The van der Waals surface area contributed by atoms with Crippen molar-refractivity contribution in [2.75, 3.05) is 5.73 Å². The monoisotopic (exact) mass is 285 g/mol. The molecule has 0 radical (unpaired) electrons. The zero-order chi connectivity index (χ0) is 14.6. The first kappa shape index (κ1) is 12.4. The van der Waals surface area contributed by atoms with E-state index < -0.39 is 0 Å². The highest BCUT2D eigenvalue weighted by Gasteiger charge is 2.49. The third kappa shape index (κ3) is 1.75. The quantitative estimate of drug-likeness (QED) is 0.670. The predicted molar refractivity (Wildman–Crippen MR) is 74.8 cm³/mol. The molecule has 1 saturated heterocycles. The van der Waals surface area contributed by atoms with Gasteiger partial charge in [0, 0.05) is 0 Å². The average molecular weight is 285 g/mol. The lowest BCUT2D eigenvalue weighted by atomic mass is 10.00. The average Bonchev–Trinajstić information content (AvgIpc) is 3.14. The van der Waals surface area contributed by atoms with Crippen LogP contribution in [0.15, 0.2) is 22.6 Å². The number of hydrogen-bond acceptors (Lipinski definition) is 5. The standard InChI is InChI=1S/C15H15N3O3/c16-10-5-2-6-11-13(10)17-12(21-11)7-18-14(19)8-3-1-4-9(8)15(18)20/h2,5-6,8-9H,1,3-4,7,16H2. The number of imide groups is 1. The molecule has 2 unspecified atom stereocenters. The number of nitrogen functional groups attached to an aromatic ring is 1. The van der Waals surface area contributed by atoms with Gasteiger partial charge in [-0.1, -0.05) is 12.5 Å². The molecule has 2 amide bonds. The minimum Gasteiger partial charge on any atom is -0.439 e. The van der Waals surface area contributed by atoms with E-state index in [-0.39, 0.29) is 30.2 Å². The number of para-hydroxylation sites is 1. The Morgan fingerprint density at radius 2 is 1.95 bits per heavy atom. The second-order valence-electron chi connectivity index (χ2n) is 5.71. The Morgan fingerprint density at radius 1 is 1.24 bits per heavy atom. The lowest BCUT2D eigenvalue weighted by Gasteiger charge is -2.13. The molecule has 2 aliphatic rings. The first-order chi connectivity index (χ1) is 10.1. The van der Waals surface area contributed by atoms with Crippen molar-refractivity contribution < 1.29 is 14.0 Å². The number of aromatic nitrogens is 1. The maximum Gasteiger partial charge on any atom is 0.233 e. The molecule has 108 valence electrons. The van der Waals surface area contributed by atoms with Gasteiger partial charge in [0.2, 0.25) is 17.7 Å². The summed E-state index contributed by atoms with van der Waals surface area (Å²) >= 11 is 0. The van der Waals surface area contributed by atoms with Gasteiger partial charge in [-0.15, -0.1) is 0 Å². The van der Waals surface area contributed by atoms with Crippen molar-refractivity contribution in [3.05, 3.63) is 24.1 Å². The van der Waals surface area contributed by atoms with Gasteiger partial charge >= 0.3 is 0 Å². The Bertz CT molecular complexity index is 730. The van der Waals surface area contributed by atoms with Crippen LogP contribution in [0.3, 0.4) is 0 Å². The molecule has 2 N–H and O–H groups in total. The second-order valence-corrected chi connectivity index (χ2v) is 5.71. The normalized spacial score (nSPS) is 25.0. The van der Waals surface area contributed by atoms with Gasteiger partial charge in [-0.2, -0.15) is 0 Å². The summed E-state index contributed by atoms with van der Waals surface area (Å²) < 4.78 is 5.59. The van der Waals surface area contributed by atoms with Crippen LogP contribution in [0.4, 0.5) is 5.69 Å². The maximum atomic E-state index is 12.3. The van der Waals surface area contributed by atoms with Crippen molar-refractivity contribution in [2.24, 2.45) is 11.8 Å². The molecule has 6 nitrogen and oxygen atoms in total. The molecule has 2 heterocycles. The predicted octanol–water partition coefficient (Wildman–Crippen LogP) is 1.70. The zero-order valence-electron chi connectivity index (χ0n) is 11.4. The lowest BCUT2D eigenvalue weighted by molar-refractivity contribution is -0.141. The SMILES string of the molecule is Nc1cccc2oc(CN3C(=O)C4CCCC4C3=O)nc12. The van der Waals surface area contributed by atoms with Crippen LogP contribution in [0.25, 0.3) is 11.1 Å². The minimum absolute atomic E-state index is 0.0854. The van der Waals surface area contributed by atoms with E-state index in [1.165, 1.54) is 4.90 Å². The number of benzene rings is 1. The van der Waals surface area contributed by atoms with Gasteiger partial charge in [0.15, 0.2) is 5.58 Å². The van der Waals surface area contributed by atoms with Gasteiger partial charge in [-0.25, -0.2) is 4.98 Å². The fourth-order valence-corrected chi connectivity index (χ4v) is 3.43. The molecule has 0 bridgehead atoms. The number of oxazole rings is 1. The van der Waals surface area contributed by atoms with Crippen molar-refractivity contribution >= 4 is 28.6 Å². The van der Waals surface area contributed by atoms with Crippen molar-refractivity contribution in [3.8, 4) is 0 Å². The molecule has 2 atom stereocenters. The molecular formula is C15H15N3O3. The molecule has 1 aromatic heterocycles. The summed E-state index contributed by atoms with van der Waals surface area (Å²) in [6.45, 7) is 0.0960. The summed E-state index contributed by atoms with van der Waals surface area (Å²) in [6, 6.07) is 5.29. The van der Waals surface area contributed by atoms with Crippen LogP contribution in [-0.2, 0) is 16.1 Å². The summed E-state index contributed by atoms with van der Waals surface area (Å²) in [5.74, 6) is -0.0843. The highest BCUT2D eigenvalue weighted by molar-refractivity contribution is 6.05. The molecule has 1 aliphatic heterocycles. The van der Waals surface area contributed by atoms with E-state index in [0.29, 0.717) is 22.7 Å². The number of carbonyl (C=O) groups excluding carboxylic acids is 2. The van der Waals surface area contributed by atoms with Crippen molar-refractivity contribution in [2.45, 2.75) is 25.8 Å². The number of nitrogens with two attached hydrogens (primary N) is 1. The van der Waals surface area contributed by atoms with Crippen LogP contribution in [0.2, 0.25) is 0 Å². The third-order valence-corrected chi connectivity index (χ3v) is 4.47. The number of anilines is 1. The Kier molecular flexibility index (Phi) is 2.54. The highest BCUT2D eigenvalue weighted by Crippen LogP contribution is 2.40. The molecule has 1 saturated carbocycles. The summed E-state index contributed by atoms with van der Waals surface area (Å²) in [5, 5.41) is 0. The lowest BCUT2D eigenvalue weighted by Crippen LogP contribution is -2.31. The molecule has 6 heteroatoms. The Balaban J connectivity index is 1.64. The van der Waals surface area contributed by atoms with Crippen molar-refractivity contribution in [1.29, 1.82) is 0 Å². The number of likely N-dealkylation sites (tertiary alicyclic amines) is 1. The number of carbonyl (C=O) groups is 2. The minimum atomic E-state index is -0.132.